The van der Waals surface area contributed by atoms with Gasteiger partial charge in [0.05, 0.1) is 17.7 Å². The molecule has 0 bridgehead atoms. The van der Waals surface area contributed by atoms with E-state index in [1.165, 1.54) is 25.4 Å². The summed E-state index contributed by atoms with van der Waals surface area (Å²) in [6.07, 6.45) is 4.36. The first-order chi connectivity index (χ1) is 16.3. The predicted molar refractivity (Wildman–Crippen MR) is 125 cm³/mol. The summed E-state index contributed by atoms with van der Waals surface area (Å²) < 4.78 is 20.2. The molecule has 0 spiro atoms. The Hall–Kier alpha value is -3.49. The fraction of sp³-hybridized carbons (Fsp3) is 0.440. The molecule has 3 aromatic rings. The van der Waals surface area contributed by atoms with Crippen LogP contribution in [-0.4, -0.2) is 56.9 Å². The summed E-state index contributed by atoms with van der Waals surface area (Å²) in [7, 11) is 0. The molecule has 3 heterocycles. The van der Waals surface area contributed by atoms with Gasteiger partial charge in [0.25, 0.3) is 5.91 Å². The van der Waals surface area contributed by atoms with Crippen molar-refractivity contribution >= 4 is 22.8 Å². The van der Waals surface area contributed by atoms with Crippen molar-refractivity contribution in [1.29, 1.82) is 0 Å². The fourth-order valence-electron chi connectivity index (χ4n) is 4.74. The van der Waals surface area contributed by atoms with Gasteiger partial charge < -0.3 is 19.9 Å². The molecule has 2 N–H and O–H groups in total. The lowest BCUT2D eigenvalue weighted by Gasteiger charge is -2.18. The summed E-state index contributed by atoms with van der Waals surface area (Å²) in [6, 6.07) is 4.32. The number of amides is 2. The van der Waals surface area contributed by atoms with Crippen LogP contribution in [0.2, 0.25) is 0 Å². The van der Waals surface area contributed by atoms with E-state index in [0.29, 0.717) is 64.8 Å². The SMILES string of the molecule is CC(=O)N1C[C@@H](NC(=O)c2c(C)[nH]c3c(-c4cc(F)ccc4OCC4CC4)ncnc23)C[C@@H]1C. The molecule has 2 amide bonds. The number of fused-ring (bicyclic) bond motifs is 1. The number of rotatable bonds is 6. The highest BCUT2D eigenvalue weighted by molar-refractivity contribution is 6.09. The Kier molecular flexibility index (Phi) is 5.71. The second kappa shape index (κ2) is 8.70. The van der Waals surface area contributed by atoms with Gasteiger partial charge in [-0.3, -0.25) is 9.59 Å². The number of H-pyrrole nitrogens is 1. The summed E-state index contributed by atoms with van der Waals surface area (Å²) in [5, 5.41) is 3.05. The molecule has 0 unspecified atom stereocenters. The zero-order chi connectivity index (χ0) is 24.0. The van der Waals surface area contributed by atoms with Crippen molar-refractivity contribution in [3.63, 3.8) is 0 Å². The van der Waals surface area contributed by atoms with Crippen molar-refractivity contribution in [2.24, 2.45) is 5.92 Å². The van der Waals surface area contributed by atoms with E-state index in [-0.39, 0.29) is 23.9 Å². The van der Waals surface area contributed by atoms with Crippen LogP contribution in [0.5, 0.6) is 5.75 Å². The number of carbonyl (C=O) groups excluding carboxylic acids is 2. The van der Waals surface area contributed by atoms with E-state index in [2.05, 4.69) is 20.3 Å². The van der Waals surface area contributed by atoms with Crippen molar-refractivity contribution in [1.82, 2.24) is 25.2 Å². The average Bonchev–Trinajstić information content (AvgIpc) is 3.45. The van der Waals surface area contributed by atoms with Crippen molar-refractivity contribution in [3.8, 4) is 17.0 Å². The molecular formula is C25H28FN5O3. The van der Waals surface area contributed by atoms with Crippen molar-refractivity contribution < 1.29 is 18.7 Å². The molecule has 1 saturated carbocycles. The van der Waals surface area contributed by atoms with E-state index in [1.54, 1.807) is 17.9 Å². The van der Waals surface area contributed by atoms with Crippen LogP contribution in [-0.2, 0) is 4.79 Å². The van der Waals surface area contributed by atoms with E-state index in [9.17, 15) is 14.0 Å². The third-order valence-electron chi connectivity index (χ3n) is 6.68. The predicted octanol–water partition coefficient (Wildman–Crippen LogP) is 3.60. The van der Waals surface area contributed by atoms with Gasteiger partial charge in [-0.15, -0.1) is 0 Å². The van der Waals surface area contributed by atoms with E-state index in [0.717, 1.165) is 12.8 Å². The quantitative estimate of drug-likeness (QED) is 0.579. The second-order valence-corrected chi connectivity index (χ2v) is 9.39. The normalized spacial score (nSPS) is 20.1. The lowest BCUT2D eigenvalue weighted by atomic mass is 10.1. The number of likely N-dealkylation sites (tertiary alicyclic amines) is 1. The molecule has 2 aliphatic rings. The lowest BCUT2D eigenvalue weighted by molar-refractivity contribution is -0.129. The highest BCUT2D eigenvalue weighted by Crippen LogP contribution is 2.36. The minimum Gasteiger partial charge on any atom is -0.493 e. The molecule has 0 radical (unpaired) electrons. The standard InChI is InChI=1S/C25H28FN5O3/c1-13-8-18(10-31(13)15(3)32)30-25(33)21-14(2)29-24-22(27-12-28-23(21)24)19-9-17(26)6-7-20(19)34-11-16-4-5-16/h6-7,9,12-13,16,18,29H,4-5,8,10-11H2,1-3H3,(H,30,33)/t13-,18-/m0/s1. The van der Waals surface area contributed by atoms with Gasteiger partial charge in [-0.25, -0.2) is 14.4 Å². The van der Waals surface area contributed by atoms with Crippen LogP contribution in [0.15, 0.2) is 24.5 Å². The van der Waals surface area contributed by atoms with E-state index in [1.807, 2.05) is 6.92 Å². The van der Waals surface area contributed by atoms with E-state index >= 15 is 0 Å². The average molecular weight is 466 g/mol. The maximum Gasteiger partial charge on any atom is 0.255 e. The second-order valence-electron chi connectivity index (χ2n) is 9.39. The third kappa shape index (κ3) is 4.22. The number of hydrogen-bond acceptors (Lipinski definition) is 5. The molecular weight excluding hydrogens is 437 g/mol. The number of aryl methyl sites for hydroxylation is 1. The number of hydrogen-bond donors (Lipinski definition) is 2. The maximum atomic E-state index is 14.2. The Bertz CT molecular complexity index is 1270. The van der Waals surface area contributed by atoms with Crippen LogP contribution in [0.4, 0.5) is 4.39 Å². The Morgan fingerprint density at radius 3 is 2.79 bits per heavy atom. The van der Waals surface area contributed by atoms with Gasteiger partial charge in [-0.2, -0.15) is 0 Å². The molecule has 1 aliphatic heterocycles. The number of carbonyl (C=O) groups is 2. The first-order valence-corrected chi connectivity index (χ1v) is 11.7. The van der Waals surface area contributed by atoms with Gasteiger partial charge in [0.15, 0.2) is 0 Å². The zero-order valence-corrected chi connectivity index (χ0v) is 19.5. The van der Waals surface area contributed by atoms with Gasteiger partial charge in [0, 0.05) is 36.8 Å². The molecule has 1 saturated heterocycles. The van der Waals surface area contributed by atoms with Crippen molar-refractivity contribution in [3.05, 3.63) is 41.6 Å². The number of ether oxygens (including phenoxy) is 1. The number of nitrogens with zero attached hydrogens (tertiary/aromatic N) is 3. The third-order valence-corrected chi connectivity index (χ3v) is 6.68. The molecule has 8 nitrogen and oxygen atoms in total. The minimum absolute atomic E-state index is 0.000270. The van der Waals surface area contributed by atoms with E-state index < -0.39 is 5.82 Å². The smallest absolute Gasteiger partial charge is 0.255 e. The van der Waals surface area contributed by atoms with Crippen LogP contribution >= 0.6 is 0 Å². The monoisotopic (exact) mass is 465 g/mol. The van der Waals surface area contributed by atoms with Gasteiger partial charge in [-0.1, -0.05) is 0 Å². The topological polar surface area (TPSA) is 100 Å². The molecule has 2 atom stereocenters. The van der Waals surface area contributed by atoms with Gasteiger partial charge >= 0.3 is 0 Å². The van der Waals surface area contributed by atoms with E-state index in [4.69, 9.17) is 4.74 Å². The molecule has 9 heteroatoms. The highest BCUT2D eigenvalue weighted by Gasteiger charge is 2.33. The van der Waals surface area contributed by atoms with Crippen LogP contribution in [0, 0.1) is 18.7 Å². The largest absolute Gasteiger partial charge is 0.493 e. The molecule has 1 aromatic carbocycles. The number of aromatic amines is 1. The summed E-state index contributed by atoms with van der Waals surface area (Å²) >= 11 is 0. The Labute approximate surface area is 196 Å². The van der Waals surface area contributed by atoms with Gasteiger partial charge in [-0.05, 0) is 57.2 Å². The number of benzene rings is 1. The molecule has 5 rings (SSSR count). The number of aromatic nitrogens is 3. The van der Waals surface area contributed by atoms with Crippen LogP contribution in [0.25, 0.3) is 22.3 Å². The summed E-state index contributed by atoms with van der Waals surface area (Å²) in [6.45, 7) is 6.38. The van der Waals surface area contributed by atoms with Gasteiger partial charge in [0.1, 0.15) is 29.1 Å². The Morgan fingerprint density at radius 1 is 1.29 bits per heavy atom. The number of nitrogens with one attached hydrogen (secondary N) is 2. The maximum absolute atomic E-state index is 14.2. The highest BCUT2D eigenvalue weighted by atomic mass is 19.1. The summed E-state index contributed by atoms with van der Waals surface area (Å²) in [5.74, 6) is 0.437. The Balaban J connectivity index is 1.47. The molecule has 2 fully saturated rings. The Morgan fingerprint density at radius 2 is 2.09 bits per heavy atom. The minimum atomic E-state index is -0.396. The first kappa shape index (κ1) is 22.3. The fourth-order valence-corrected chi connectivity index (χ4v) is 4.74. The lowest BCUT2D eigenvalue weighted by Crippen LogP contribution is -2.38. The van der Waals surface area contributed by atoms with Crippen LogP contribution in [0.3, 0.4) is 0 Å². The zero-order valence-electron chi connectivity index (χ0n) is 19.5. The van der Waals surface area contributed by atoms with Crippen molar-refractivity contribution in [2.75, 3.05) is 13.2 Å². The molecule has 1 aliphatic carbocycles. The number of halogens is 1. The first-order valence-electron chi connectivity index (χ1n) is 11.7. The molecule has 178 valence electrons. The van der Waals surface area contributed by atoms with Crippen molar-refractivity contribution in [2.45, 2.75) is 52.1 Å². The summed E-state index contributed by atoms with van der Waals surface area (Å²) in [4.78, 5) is 38.8. The molecule has 2 aromatic heterocycles. The summed E-state index contributed by atoms with van der Waals surface area (Å²) in [5.41, 5.74) is 3.08. The van der Waals surface area contributed by atoms with Gasteiger partial charge in [0.2, 0.25) is 5.91 Å². The molecule has 34 heavy (non-hydrogen) atoms. The van der Waals surface area contributed by atoms with Crippen LogP contribution in [0.1, 0.15) is 49.2 Å². The van der Waals surface area contributed by atoms with Crippen LogP contribution < -0.4 is 10.1 Å².